The van der Waals surface area contributed by atoms with E-state index >= 15 is 0 Å². The van der Waals surface area contributed by atoms with Crippen molar-refractivity contribution in [3.05, 3.63) is 81.8 Å². The lowest BCUT2D eigenvalue weighted by molar-refractivity contribution is 0.262. The summed E-state index contributed by atoms with van der Waals surface area (Å²) >= 11 is 3.59. The lowest BCUT2D eigenvalue weighted by atomic mass is 9.90. The predicted molar refractivity (Wildman–Crippen MR) is 173 cm³/mol. The first-order valence-electron chi connectivity index (χ1n) is 14.2. The summed E-state index contributed by atoms with van der Waals surface area (Å²) in [5.74, 6) is 1.03. The molecule has 8 heteroatoms. The van der Waals surface area contributed by atoms with Crippen molar-refractivity contribution < 1.29 is 9.53 Å². The van der Waals surface area contributed by atoms with Crippen LogP contribution in [-0.2, 0) is 11.9 Å². The monoisotopic (exact) mass is 618 g/mol. The number of rotatable bonds is 10. The number of amides is 2. The molecule has 0 fully saturated rings. The number of carbonyl (C=O) groups excluding carboxylic acids is 1. The fourth-order valence-electron chi connectivity index (χ4n) is 5.14. The average Bonchev–Trinajstić information content (AvgIpc) is 2.97. The van der Waals surface area contributed by atoms with E-state index < -0.39 is 6.03 Å². The Hall–Kier alpha value is -3.65. The van der Waals surface area contributed by atoms with Gasteiger partial charge < -0.3 is 15.4 Å². The Morgan fingerprint density at radius 3 is 2.29 bits per heavy atom. The third kappa shape index (κ3) is 6.48. The molecule has 2 aromatic carbocycles. The SMILES string of the molecule is CCCCn1c(=O)c(NC(=O)Nc2c(C(C)C)cc(CBr)cc2C(C)C)c(-c2cccc(OC)c2)c2cccnc21. The molecule has 0 bridgehead atoms. The maximum atomic E-state index is 14.1. The molecule has 0 saturated carbocycles. The Bertz CT molecular complexity index is 1580. The van der Waals surface area contributed by atoms with E-state index in [2.05, 4.69) is 78.3 Å². The number of aromatic nitrogens is 2. The van der Waals surface area contributed by atoms with Gasteiger partial charge in [0.05, 0.1) is 7.11 Å². The van der Waals surface area contributed by atoms with Crippen molar-refractivity contribution in [3.63, 3.8) is 0 Å². The van der Waals surface area contributed by atoms with Crippen molar-refractivity contribution in [1.29, 1.82) is 0 Å². The van der Waals surface area contributed by atoms with Gasteiger partial charge in [-0.05, 0) is 64.8 Å². The number of aryl methyl sites for hydroxylation is 1. The van der Waals surface area contributed by atoms with Crippen molar-refractivity contribution in [2.24, 2.45) is 0 Å². The zero-order valence-electron chi connectivity index (χ0n) is 24.7. The zero-order valence-corrected chi connectivity index (χ0v) is 26.3. The van der Waals surface area contributed by atoms with E-state index in [-0.39, 0.29) is 23.1 Å². The van der Waals surface area contributed by atoms with Gasteiger partial charge in [0.25, 0.3) is 5.56 Å². The van der Waals surface area contributed by atoms with Crippen LogP contribution >= 0.6 is 15.9 Å². The van der Waals surface area contributed by atoms with Gasteiger partial charge in [0.2, 0.25) is 0 Å². The Balaban J connectivity index is 1.90. The molecule has 0 aliphatic heterocycles. The lowest BCUT2D eigenvalue weighted by Gasteiger charge is -2.23. The number of anilines is 2. The minimum absolute atomic E-state index is 0.187. The van der Waals surface area contributed by atoms with Crippen LogP contribution in [0.1, 0.15) is 76.0 Å². The minimum Gasteiger partial charge on any atom is -0.497 e. The second-order valence-corrected chi connectivity index (χ2v) is 11.4. The number of ether oxygens (including phenoxy) is 1. The number of unbranched alkanes of at least 4 members (excludes halogenated alkanes) is 1. The Labute approximate surface area is 250 Å². The number of nitrogens with one attached hydrogen (secondary N) is 2. The molecular formula is C33H39BrN4O3. The average molecular weight is 620 g/mol. The molecule has 0 aliphatic rings. The Kier molecular flexibility index (Phi) is 9.86. The summed E-state index contributed by atoms with van der Waals surface area (Å²) in [7, 11) is 1.60. The molecule has 41 heavy (non-hydrogen) atoms. The van der Waals surface area contributed by atoms with E-state index in [0.29, 0.717) is 23.5 Å². The molecule has 0 saturated heterocycles. The number of carbonyl (C=O) groups is 1. The van der Waals surface area contributed by atoms with Crippen molar-refractivity contribution in [2.75, 3.05) is 17.7 Å². The molecule has 7 nitrogen and oxygen atoms in total. The van der Waals surface area contributed by atoms with Crippen LogP contribution in [0.4, 0.5) is 16.2 Å². The fourth-order valence-corrected chi connectivity index (χ4v) is 5.46. The Morgan fingerprint density at radius 2 is 1.68 bits per heavy atom. The first kappa shape index (κ1) is 30.3. The molecule has 4 aromatic rings. The van der Waals surface area contributed by atoms with Crippen LogP contribution in [0.2, 0.25) is 0 Å². The van der Waals surface area contributed by atoms with E-state index in [1.165, 1.54) is 0 Å². The molecule has 0 unspecified atom stereocenters. The summed E-state index contributed by atoms with van der Waals surface area (Å²) in [5.41, 5.74) is 5.92. The maximum Gasteiger partial charge on any atom is 0.323 e. The van der Waals surface area contributed by atoms with E-state index in [1.807, 2.05) is 36.4 Å². The number of hydrogen-bond acceptors (Lipinski definition) is 4. The summed E-state index contributed by atoms with van der Waals surface area (Å²) in [6, 6.07) is 15.1. The molecule has 0 spiro atoms. The molecule has 2 N–H and O–H groups in total. The number of nitrogens with zero attached hydrogens (tertiary/aromatic N) is 2. The van der Waals surface area contributed by atoms with Gasteiger partial charge in [-0.2, -0.15) is 0 Å². The van der Waals surface area contributed by atoms with E-state index in [1.54, 1.807) is 17.9 Å². The quantitative estimate of drug-likeness (QED) is 0.174. The van der Waals surface area contributed by atoms with E-state index in [9.17, 15) is 9.59 Å². The van der Waals surface area contributed by atoms with Crippen molar-refractivity contribution in [2.45, 2.75) is 71.2 Å². The predicted octanol–water partition coefficient (Wildman–Crippen LogP) is 8.66. The van der Waals surface area contributed by atoms with Gasteiger partial charge in [-0.3, -0.25) is 9.36 Å². The highest BCUT2D eigenvalue weighted by atomic mass is 79.9. The molecule has 2 aromatic heterocycles. The third-order valence-corrected chi connectivity index (χ3v) is 7.90. The number of methoxy groups -OCH3 is 1. The van der Waals surface area contributed by atoms with Crippen molar-refractivity contribution in [1.82, 2.24) is 9.55 Å². The van der Waals surface area contributed by atoms with Gasteiger partial charge in [0.15, 0.2) is 0 Å². The van der Waals surface area contributed by atoms with Crippen LogP contribution < -0.4 is 20.9 Å². The first-order valence-corrected chi connectivity index (χ1v) is 15.3. The number of halogens is 1. The summed E-state index contributed by atoms with van der Waals surface area (Å²) in [5, 5.41) is 7.60. The smallest absolute Gasteiger partial charge is 0.323 e. The Morgan fingerprint density at radius 1 is 1.00 bits per heavy atom. The van der Waals surface area contributed by atoms with E-state index in [0.717, 1.165) is 51.5 Å². The van der Waals surface area contributed by atoms with Gasteiger partial charge in [0, 0.05) is 34.7 Å². The van der Waals surface area contributed by atoms with Gasteiger partial charge >= 0.3 is 6.03 Å². The summed E-state index contributed by atoms with van der Waals surface area (Å²) in [4.78, 5) is 32.5. The van der Waals surface area contributed by atoms with Crippen LogP contribution in [0, 0.1) is 0 Å². The second kappa shape index (κ2) is 13.3. The molecule has 0 atom stereocenters. The highest BCUT2D eigenvalue weighted by Crippen LogP contribution is 2.37. The lowest BCUT2D eigenvalue weighted by Crippen LogP contribution is -2.30. The fraction of sp³-hybridized carbons (Fsp3) is 0.364. The summed E-state index contributed by atoms with van der Waals surface area (Å²) in [6.45, 7) is 11.0. The van der Waals surface area contributed by atoms with Gasteiger partial charge in [-0.15, -0.1) is 0 Å². The molecule has 0 aliphatic carbocycles. The molecular weight excluding hydrogens is 580 g/mol. The third-order valence-electron chi connectivity index (χ3n) is 7.25. The number of fused-ring (bicyclic) bond motifs is 1. The summed E-state index contributed by atoms with van der Waals surface area (Å²) < 4.78 is 7.15. The molecule has 2 amide bonds. The van der Waals surface area contributed by atoms with Crippen molar-refractivity contribution in [3.8, 4) is 16.9 Å². The van der Waals surface area contributed by atoms with Gasteiger partial charge in [-0.25, -0.2) is 9.78 Å². The topological polar surface area (TPSA) is 85.2 Å². The van der Waals surface area contributed by atoms with E-state index in [4.69, 9.17) is 4.74 Å². The number of benzene rings is 2. The normalized spacial score (nSPS) is 11.3. The second-order valence-electron chi connectivity index (χ2n) is 10.8. The molecule has 0 radical (unpaired) electrons. The number of pyridine rings is 2. The number of hydrogen-bond donors (Lipinski definition) is 2. The van der Waals surface area contributed by atoms with Crippen molar-refractivity contribution >= 4 is 44.4 Å². The highest BCUT2D eigenvalue weighted by Gasteiger charge is 2.23. The number of alkyl halides is 1. The standard InChI is InChI=1S/C33H39BrN4O3/c1-7-8-15-38-31-25(13-10-14-35-31)28(23-11-9-12-24(18-23)41-6)30(32(38)39)37-33(40)36-29-26(20(2)3)16-22(19-34)17-27(29)21(4)5/h9-14,16-18,20-21H,7-8,15,19H2,1-6H3,(H2,36,37,40). The zero-order chi connectivity index (χ0) is 29.7. The van der Waals surface area contributed by atoms with Crippen LogP contribution in [0.15, 0.2) is 59.5 Å². The number of urea groups is 1. The van der Waals surface area contributed by atoms with Gasteiger partial charge in [0.1, 0.15) is 17.1 Å². The minimum atomic E-state index is -0.466. The van der Waals surface area contributed by atoms with Crippen LogP contribution in [-0.4, -0.2) is 22.7 Å². The largest absolute Gasteiger partial charge is 0.497 e. The van der Waals surface area contributed by atoms with Crippen LogP contribution in [0.3, 0.4) is 0 Å². The molecule has 216 valence electrons. The first-order chi connectivity index (χ1) is 19.7. The van der Waals surface area contributed by atoms with Gasteiger partial charge in [-0.1, -0.05) is 81.2 Å². The van der Waals surface area contributed by atoms with Crippen LogP contribution in [0.25, 0.3) is 22.2 Å². The molecule has 2 heterocycles. The van der Waals surface area contributed by atoms with Crippen LogP contribution in [0.5, 0.6) is 5.75 Å². The maximum absolute atomic E-state index is 14.1. The summed E-state index contributed by atoms with van der Waals surface area (Å²) in [6.07, 6.45) is 3.42. The highest BCUT2D eigenvalue weighted by molar-refractivity contribution is 9.08. The molecule has 4 rings (SSSR count).